The molecule has 1 N–H and O–H groups in total. The Morgan fingerprint density at radius 1 is 1.03 bits per heavy atom. The molecule has 2 fully saturated rings. The molecule has 4 nitrogen and oxygen atoms in total. The molecule has 1 aromatic carbocycles. The summed E-state index contributed by atoms with van der Waals surface area (Å²) in [5, 5.41) is 4.58. The highest BCUT2D eigenvalue weighted by Gasteiger charge is 2.36. The van der Waals surface area contributed by atoms with Crippen molar-refractivity contribution in [2.24, 2.45) is 5.41 Å². The number of piperazine rings is 1. The normalized spacial score (nSPS) is 25.4. The van der Waals surface area contributed by atoms with Crippen LogP contribution in [0.25, 0.3) is 0 Å². The number of fused-ring (bicyclic) bond motifs is 2. The number of rotatable bonds is 2. The molecule has 0 radical (unpaired) electrons. The van der Waals surface area contributed by atoms with Crippen molar-refractivity contribution in [3.05, 3.63) is 62.3 Å². The molecule has 0 amide bonds. The lowest BCUT2D eigenvalue weighted by Gasteiger charge is -2.47. The lowest BCUT2D eigenvalue weighted by atomic mass is 9.84. The summed E-state index contributed by atoms with van der Waals surface area (Å²) in [6.45, 7) is 12.7. The lowest BCUT2D eigenvalue weighted by Crippen LogP contribution is -2.59. The molecule has 0 bridgehead atoms. The van der Waals surface area contributed by atoms with E-state index < -0.39 is 0 Å². The predicted molar refractivity (Wildman–Crippen MR) is 140 cm³/mol. The largest absolute Gasteiger partial charge is 0.311 e. The number of aromatic nitrogens is 1. The van der Waals surface area contributed by atoms with Gasteiger partial charge in [0.15, 0.2) is 0 Å². The molecule has 6 heteroatoms. The van der Waals surface area contributed by atoms with E-state index in [4.69, 9.17) is 16.6 Å². The first-order chi connectivity index (χ1) is 15.8. The number of hydrogen-bond donors (Lipinski definition) is 1. The standard InChI is InChI=1S/C27H36BrClN4/c1-27(2,3)24-17-33(13-10-30-24)22-8-11-32(12-9-22)26-23-7-6-21(29)15-18(23)4-5-19-14-20(28)16-31-25(19)26/h6-7,14-16,22,24,26,30H,4-5,8-13,17H2,1-3H3/t24-,26?/m1/s1. The summed E-state index contributed by atoms with van der Waals surface area (Å²) in [5.41, 5.74) is 5.65. The van der Waals surface area contributed by atoms with Gasteiger partial charge in [-0.1, -0.05) is 38.4 Å². The molecule has 1 unspecified atom stereocenters. The van der Waals surface area contributed by atoms with Crippen LogP contribution in [-0.4, -0.2) is 59.6 Å². The van der Waals surface area contributed by atoms with Crippen LogP contribution in [0.1, 0.15) is 62.0 Å². The zero-order chi connectivity index (χ0) is 23.2. The second-order valence-electron chi connectivity index (χ2n) is 11.1. The molecule has 1 aliphatic carbocycles. The van der Waals surface area contributed by atoms with Crippen LogP contribution in [0.5, 0.6) is 0 Å². The summed E-state index contributed by atoms with van der Waals surface area (Å²) < 4.78 is 1.06. The molecule has 2 aliphatic heterocycles. The van der Waals surface area contributed by atoms with Crippen molar-refractivity contribution in [3.63, 3.8) is 0 Å². The van der Waals surface area contributed by atoms with Crippen LogP contribution in [0.4, 0.5) is 0 Å². The van der Waals surface area contributed by atoms with Crippen LogP contribution in [0, 0.1) is 5.41 Å². The van der Waals surface area contributed by atoms with Gasteiger partial charge in [0.05, 0.1) is 11.7 Å². The zero-order valence-electron chi connectivity index (χ0n) is 20.1. The van der Waals surface area contributed by atoms with Crippen molar-refractivity contribution in [2.45, 2.75) is 64.6 Å². The van der Waals surface area contributed by atoms with Crippen molar-refractivity contribution in [3.8, 4) is 0 Å². The SMILES string of the molecule is CC(C)(C)[C@H]1CN(C2CCN(C3c4ccc(Cl)cc4CCc4cc(Br)cnc43)CC2)CCN1. The highest BCUT2D eigenvalue weighted by Crippen LogP contribution is 2.39. The van der Waals surface area contributed by atoms with Gasteiger partial charge in [0.2, 0.25) is 0 Å². The lowest BCUT2D eigenvalue weighted by molar-refractivity contribution is 0.0524. The second kappa shape index (κ2) is 9.58. The Balaban J connectivity index is 1.37. The van der Waals surface area contributed by atoms with Crippen LogP contribution < -0.4 is 5.32 Å². The Labute approximate surface area is 212 Å². The minimum absolute atomic E-state index is 0.217. The molecule has 3 heterocycles. The number of likely N-dealkylation sites (tertiary alicyclic amines) is 1. The van der Waals surface area contributed by atoms with Crippen LogP contribution in [-0.2, 0) is 12.8 Å². The van der Waals surface area contributed by atoms with Crippen molar-refractivity contribution in [1.29, 1.82) is 0 Å². The molecule has 5 rings (SSSR count). The van der Waals surface area contributed by atoms with Gasteiger partial charge in [-0.2, -0.15) is 0 Å². The summed E-state index contributed by atoms with van der Waals surface area (Å²) in [7, 11) is 0. The van der Waals surface area contributed by atoms with E-state index in [0.717, 1.165) is 48.5 Å². The van der Waals surface area contributed by atoms with Crippen molar-refractivity contribution in [1.82, 2.24) is 20.1 Å². The summed E-state index contributed by atoms with van der Waals surface area (Å²) in [5.74, 6) is 0. The fourth-order valence-corrected chi connectivity index (χ4v) is 6.55. The van der Waals surface area contributed by atoms with E-state index in [-0.39, 0.29) is 6.04 Å². The van der Waals surface area contributed by atoms with Gasteiger partial charge in [-0.05, 0) is 81.9 Å². The summed E-state index contributed by atoms with van der Waals surface area (Å²) in [6, 6.07) is 10.2. The summed E-state index contributed by atoms with van der Waals surface area (Å²) in [6.07, 6.45) is 6.44. The Bertz CT molecular complexity index is 943. The number of nitrogens with one attached hydrogen (secondary N) is 1. The van der Waals surface area contributed by atoms with E-state index in [1.54, 1.807) is 0 Å². The third kappa shape index (κ3) is 5.04. The van der Waals surface area contributed by atoms with E-state index in [1.165, 1.54) is 41.8 Å². The minimum Gasteiger partial charge on any atom is -0.311 e. The molecular weight excluding hydrogens is 496 g/mol. The van der Waals surface area contributed by atoms with E-state index in [2.05, 4.69) is 76.1 Å². The van der Waals surface area contributed by atoms with E-state index >= 15 is 0 Å². The predicted octanol–water partition coefficient (Wildman–Crippen LogP) is 5.47. The maximum absolute atomic E-state index is 6.40. The maximum Gasteiger partial charge on any atom is 0.0781 e. The molecule has 2 aromatic rings. The van der Waals surface area contributed by atoms with Crippen molar-refractivity contribution >= 4 is 27.5 Å². The minimum atomic E-state index is 0.217. The van der Waals surface area contributed by atoms with E-state index in [9.17, 15) is 0 Å². The van der Waals surface area contributed by atoms with Gasteiger partial charge in [0, 0.05) is 60.5 Å². The zero-order valence-corrected chi connectivity index (χ0v) is 22.4. The summed E-state index contributed by atoms with van der Waals surface area (Å²) >= 11 is 10.0. The average molecular weight is 532 g/mol. The van der Waals surface area contributed by atoms with Crippen LogP contribution in [0.15, 0.2) is 34.9 Å². The Morgan fingerprint density at radius 2 is 1.79 bits per heavy atom. The van der Waals surface area contributed by atoms with Crippen molar-refractivity contribution < 1.29 is 0 Å². The van der Waals surface area contributed by atoms with Gasteiger partial charge in [0.25, 0.3) is 0 Å². The van der Waals surface area contributed by atoms with Crippen LogP contribution in [0.3, 0.4) is 0 Å². The second-order valence-corrected chi connectivity index (χ2v) is 12.4. The highest BCUT2D eigenvalue weighted by molar-refractivity contribution is 9.10. The highest BCUT2D eigenvalue weighted by atomic mass is 79.9. The Morgan fingerprint density at radius 3 is 2.55 bits per heavy atom. The average Bonchev–Trinajstić information content (AvgIpc) is 2.95. The quantitative estimate of drug-likeness (QED) is 0.557. The third-order valence-corrected chi connectivity index (χ3v) is 8.59. The number of pyridine rings is 1. The molecule has 178 valence electrons. The van der Waals surface area contributed by atoms with Gasteiger partial charge in [-0.3, -0.25) is 14.8 Å². The first-order valence-electron chi connectivity index (χ1n) is 12.4. The molecule has 33 heavy (non-hydrogen) atoms. The number of halogens is 2. The maximum atomic E-state index is 6.40. The van der Waals surface area contributed by atoms with Crippen LogP contribution in [0.2, 0.25) is 5.02 Å². The fraction of sp³-hybridized carbons (Fsp3) is 0.593. The van der Waals surface area contributed by atoms with Gasteiger partial charge in [-0.25, -0.2) is 0 Å². The number of piperidine rings is 1. The van der Waals surface area contributed by atoms with Gasteiger partial charge in [0.1, 0.15) is 0 Å². The third-order valence-electron chi connectivity index (χ3n) is 7.92. The summed E-state index contributed by atoms with van der Waals surface area (Å²) in [4.78, 5) is 10.4. The molecular formula is C27H36BrClN4. The molecule has 2 atom stereocenters. The number of hydrogen-bond acceptors (Lipinski definition) is 4. The number of benzene rings is 1. The smallest absolute Gasteiger partial charge is 0.0781 e. The fourth-order valence-electron chi connectivity index (χ4n) is 5.98. The molecule has 1 aromatic heterocycles. The van der Waals surface area contributed by atoms with E-state index in [0.29, 0.717) is 17.5 Å². The topological polar surface area (TPSA) is 31.4 Å². The number of aryl methyl sites for hydroxylation is 2. The Hall–Kier alpha value is -0.980. The van der Waals surface area contributed by atoms with Crippen LogP contribution >= 0.6 is 27.5 Å². The van der Waals surface area contributed by atoms with Gasteiger partial charge < -0.3 is 5.32 Å². The molecule has 3 aliphatic rings. The van der Waals surface area contributed by atoms with Crippen molar-refractivity contribution in [2.75, 3.05) is 32.7 Å². The first kappa shape index (κ1) is 23.7. The van der Waals surface area contributed by atoms with Gasteiger partial charge in [-0.15, -0.1) is 0 Å². The number of nitrogens with zero attached hydrogens (tertiary/aromatic N) is 3. The molecule has 2 saturated heterocycles. The molecule has 0 spiro atoms. The Kier molecular flexibility index (Phi) is 6.89. The first-order valence-corrected chi connectivity index (χ1v) is 13.6. The molecule has 0 saturated carbocycles. The van der Waals surface area contributed by atoms with Gasteiger partial charge >= 0.3 is 0 Å². The van der Waals surface area contributed by atoms with E-state index in [1.807, 2.05) is 6.20 Å². The monoisotopic (exact) mass is 530 g/mol.